The Balaban J connectivity index is 2.69. The van der Waals surface area contributed by atoms with Gasteiger partial charge in [0.15, 0.2) is 9.84 Å². The van der Waals surface area contributed by atoms with Crippen LogP contribution in [0, 0.1) is 5.92 Å². The summed E-state index contributed by atoms with van der Waals surface area (Å²) in [4.78, 5) is 12.1. The Hall–Kier alpha value is -1.40. The van der Waals surface area contributed by atoms with E-state index in [0.29, 0.717) is 18.7 Å². The molecule has 1 amide bonds. The fourth-order valence-corrected chi connectivity index (χ4v) is 2.66. The number of amides is 1. The number of rotatable bonds is 7. The van der Waals surface area contributed by atoms with Crippen LogP contribution in [0.1, 0.15) is 26.7 Å². The first-order valence-electron chi connectivity index (χ1n) is 6.75. The summed E-state index contributed by atoms with van der Waals surface area (Å²) in [6.07, 6.45) is 1.24. The van der Waals surface area contributed by atoms with E-state index in [0.717, 1.165) is 6.42 Å². The Morgan fingerprint density at radius 2 is 1.85 bits per heavy atom. The highest BCUT2D eigenvalue weighted by Crippen LogP contribution is 2.16. The lowest BCUT2D eigenvalue weighted by molar-refractivity contribution is -0.117. The molecule has 0 aliphatic carbocycles. The number of carbonyl (C=O) groups is 1. The molecule has 20 heavy (non-hydrogen) atoms. The minimum Gasteiger partial charge on any atom is -0.330 e. The SMILES string of the molecule is CCC(CN)CC(=O)Nc1ccc(S(=O)(=O)CC)cc1. The van der Waals surface area contributed by atoms with Crippen LogP contribution in [0.3, 0.4) is 0 Å². The largest absolute Gasteiger partial charge is 0.330 e. The van der Waals surface area contributed by atoms with Crippen LogP contribution < -0.4 is 11.1 Å². The number of benzene rings is 1. The molecule has 0 spiro atoms. The van der Waals surface area contributed by atoms with Crippen LogP contribution in [0.25, 0.3) is 0 Å². The number of hydrogen-bond donors (Lipinski definition) is 2. The zero-order valence-corrected chi connectivity index (χ0v) is 12.7. The van der Waals surface area contributed by atoms with Crippen LogP contribution in [0.5, 0.6) is 0 Å². The van der Waals surface area contributed by atoms with Gasteiger partial charge in [-0.25, -0.2) is 8.42 Å². The molecule has 0 aliphatic rings. The minimum atomic E-state index is -3.20. The topological polar surface area (TPSA) is 89.3 Å². The van der Waals surface area contributed by atoms with E-state index in [9.17, 15) is 13.2 Å². The van der Waals surface area contributed by atoms with Gasteiger partial charge >= 0.3 is 0 Å². The summed E-state index contributed by atoms with van der Waals surface area (Å²) in [6, 6.07) is 6.22. The molecule has 0 radical (unpaired) electrons. The highest BCUT2D eigenvalue weighted by molar-refractivity contribution is 7.91. The molecule has 1 unspecified atom stereocenters. The second-order valence-electron chi connectivity index (χ2n) is 4.69. The number of anilines is 1. The van der Waals surface area contributed by atoms with E-state index in [2.05, 4.69) is 5.32 Å². The average Bonchev–Trinajstić information content (AvgIpc) is 2.45. The molecule has 0 aromatic heterocycles. The Morgan fingerprint density at radius 3 is 2.30 bits per heavy atom. The van der Waals surface area contributed by atoms with Gasteiger partial charge in [-0.15, -0.1) is 0 Å². The van der Waals surface area contributed by atoms with E-state index in [4.69, 9.17) is 5.73 Å². The molecule has 0 saturated heterocycles. The third-order valence-corrected chi connectivity index (χ3v) is 5.01. The first-order chi connectivity index (χ1) is 9.42. The van der Waals surface area contributed by atoms with Crippen molar-refractivity contribution in [3.8, 4) is 0 Å². The van der Waals surface area contributed by atoms with E-state index in [1.807, 2.05) is 6.92 Å². The lowest BCUT2D eigenvalue weighted by Gasteiger charge is -2.12. The average molecular weight is 298 g/mol. The summed E-state index contributed by atoms with van der Waals surface area (Å²) in [5.41, 5.74) is 6.16. The van der Waals surface area contributed by atoms with Gasteiger partial charge in [0, 0.05) is 12.1 Å². The monoisotopic (exact) mass is 298 g/mol. The van der Waals surface area contributed by atoms with Crippen LogP contribution in [0.2, 0.25) is 0 Å². The van der Waals surface area contributed by atoms with Crippen molar-refractivity contribution in [2.45, 2.75) is 31.6 Å². The maximum atomic E-state index is 11.8. The fraction of sp³-hybridized carbons (Fsp3) is 0.500. The van der Waals surface area contributed by atoms with Gasteiger partial charge in [-0.3, -0.25) is 4.79 Å². The molecule has 0 saturated carbocycles. The first kappa shape index (κ1) is 16.7. The van der Waals surface area contributed by atoms with Crippen molar-refractivity contribution >= 4 is 21.4 Å². The van der Waals surface area contributed by atoms with Gasteiger partial charge in [-0.2, -0.15) is 0 Å². The summed E-state index contributed by atoms with van der Waals surface area (Å²) in [5.74, 6) is 0.135. The van der Waals surface area contributed by atoms with Crippen molar-refractivity contribution in [1.82, 2.24) is 0 Å². The Bertz CT molecular complexity index is 534. The number of nitrogens with two attached hydrogens (primary N) is 1. The maximum absolute atomic E-state index is 11.8. The van der Waals surface area contributed by atoms with Crippen molar-refractivity contribution in [2.24, 2.45) is 11.7 Å². The zero-order chi connectivity index (χ0) is 15.2. The highest BCUT2D eigenvalue weighted by Gasteiger charge is 2.13. The molecule has 0 bridgehead atoms. The third kappa shape index (κ3) is 4.61. The smallest absolute Gasteiger partial charge is 0.224 e. The summed E-state index contributed by atoms with van der Waals surface area (Å²) in [6.45, 7) is 4.08. The van der Waals surface area contributed by atoms with E-state index >= 15 is 0 Å². The predicted octanol–water partition coefficient (Wildman–Crippen LogP) is 1.79. The van der Waals surface area contributed by atoms with Crippen LogP contribution in [0.4, 0.5) is 5.69 Å². The van der Waals surface area contributed by atoms with E-state index in [-0.39, 0.29) is 22.5 Å². The van der Waals surface area contributed by atoms with Gasteiger partial charge in [0.2, 0.25) is 5.91 Å². The molecule has 0 fully saturated rings. The van der Waals surface area contributed by atoms with Gasteiger partial charge in [-0.1, -0.05) is 20.3 Å². The van der Waals surface area contributed by atoms with Crippen LogP contribution in [0.15, 0.2) is 29.2 Å². The molecule has 5 nitrogen and oxygen atoms in total. The zero-order valence-electron chi connectivity index (χ0n) is 11.9. The fourth-order valence-electron chi connectivity index (χ4n) is 1.78. The van der Waals surface area contributed by atoms with Crippen molar-refractivity contribution < 1.29 is 13.2 Å². The lowest BCUT2D eigenvalue weighted by atomic mass is 10.0. The molecule has 1 aromatic rings. The standard InChI is InChI=1S/C14H22N2O3S/c1-3-11(10-15)9-14(17)16-12-5-7-13(8-6-12)20(18,19)4-2/h5-8,11H,3-4,9-10,15H2,1-2H3,(H,16,17). The van der Waals surface area contributed by atoms with Crippen LogP contribution in [-0.2, 0) is 14.6 Å². The second-order valence-corrected chi connectivity index (χ2v) is 6.97. The number of hydrogen-bond acceptors (Lipinski definition) is 4. The summed E-state index contributed by atoms with van der Waals surface area (Å²) >= 11 is 0. The normalized spacial score (nSPS) is 12.9. The summed E-state index contributed by atoms with van der Waals surface area (Å²) in [7, 11) is -3.20. The van der Waals surface area contributed by atoms with Gasteiger partial charge in [0.1, 0.15) is 0 Å². The maximum Gasteiger partial charge on any atom is 0.224 e. The molecular weight excluding hydrogens is 276 g/mol. The van der Waals surface area contributed by atoms with Crippen LogP contribution >= 0.6 is 0 Å². The molecule has 0 aliphatic heterocycles. The molecule has 3 N–H and O–H groups in total. The van der Waals surface area contributed by atoms with Crippen molar-refractivity contribution in [3.05, 3.63) is 24.3 Å². The summed E-state index contributed by atoms with van der Waals surface area (Å²) < 4.78 is 23.3. The Labute approximate surface area is 120 Å². The molecule has 112 valence electrons. The van der Waals surface area contributed by atoms with E-state index in [1.54, 1.807) is 19.1 Å². The number of sulfone groups is 1. The molecule has 1 rings (SSSR count). The predicted molar refractivity (Wildman–Crippen MR) is 80.3 cm³/mol. The van der Waals surface area contributed by atoms with Crippen LogP contribution in [-0.4, -0.2) is 26.6 Å². The van der Waals surface area contributed by atoms with E-state index in [1.165, 1.54) is 12.1 Å². The molecule has 1 atom stereocenters. The molecular formula is C14H22N2O3S. The van der Waals surface area contributed by atoms with Gasteiger partial charge in [-0.05, 0) is 36.7 Å². The number of nitrogens with one attached hydrogen (secondary N) is 1. The van der Waals surface area contributed by atoms with Gasteiger partial charge in [0.25, 0.3) is 0 Å². The van der Waals surface area contributed by atoms with E-state index < -0.39 is 9.84 Å². The Kier molecular flexibility index (Phi) is 6.16. The van der Waals surface area contributed by atoms with Crippen molar-refractivity contribution in [3.63, 3.8) is 0 Å². The first-order valence-corrected chi connectivity index (χ1v) is 8.40. The van der Waals surface area contributed by atoms with Crippen molar-refractivity contribution in [2.75, 3.05) is 17.6 Å². The minimum absolute atomic E-state index is 0.0629. The quantitative estimate of drug-likeness (QED) is 0.803. The molecule has 0 heterocycles. The summed E-state index contributed by atoms with van der Waals surface area (Å²) in [5, 5.41) is 2.75. The molecule has 6 heteroatoms. The second kappa shape index (κ2) is 7.40. The number of carbonyl (C=O) groups excluding carboxylic acids is 1. The third-order valence-electron chi connectivity index (χ3n) is 3.26. The molecule has 1 aromatic carbocycles. The Morgan fingerprint density at radius 1 is 1.25 bits per heavy atom. The van der Waals surface area contributed by atoms with Crippen molar-refractivity contribution in [1.29, 1.82) is 0 Å². The lowest BCUT2D eigenvalue weighted by Crippen LogP contribution is -2.21. The highest BCUT2D eigenvalue weighted by atomic mass is 32.2. The van der Waals surface area contributed by atoms with Gasteiger partial charge in [0.05, 0.1) is 10.6 Å². The van der Waals surface area contributed by atoms with Gasteiger partial charge < -0.3 is 11.1 Å².